The summed E-state index contributed by atoms with van der Waals surface area (Å²) in [6, 6.07) is 4.98. The predicted octanol–water partition coefficient (Wildman–Crippen LogP) is 3.04. The molecule has 1 aromatic carbocycles. The van der Waals surface area contributed by atoms with E-state index in [0.29, 0.717) is 0 Å². The maximum atomic E-state index is 13.1. The summed E-state index contributed by atoms with van der Waals surface area (Å²) >= 11 is 5.83. The molecule has 2 rings (SSSR count). The van der Waals surface area contributed by atoms with E-state index in [-0.39, 0.29) is 16.3 Å². The van der Waals surface area contributed by atoms with Crippen molar-refractivity contribution >= 4 is 11.6 Å². The highest BCUT2D eigenvalue weighted by molar-refractivity contribution is 6.30. The summed E-state index contributed by atoms with van der Waals surface area (Å²) in [5.41, 5.74) is 1.20. The van der Waals surface area contributed by atoms with Gasteiger partial charge in [-0.1, -0.05) is 24.6 Å². The lowest BCUT2D eigenvalue weighted by Gasteiger charge is -2.27. The minimum atomic E-state index is -0.358. The van der Waals surface area contributed by atoms with Crippen molar-refractivity contribution in [3.8, 4) is 0 Å². The van der Waals surface area contributed by atoms with E-state index >= 15 is 0 Å². The normalized spacial score (nSPS) is 23.5. The van der Waals surface area contributed by atoms with Crippen molar-refractivity contribution in [1.82, 2.24) is 5.32 Å². The fourth-order valence-electron chi connectivity index (χ4n) is 2.46. The number of rotatable bonds is 5. The molecule has 1 unspecified atom stereocenters. The number of ether oxygens (including phenoxy) is 1. The molecule has 0 radical (unpaired) electrons. The molecule has 1 aromatic rings. The molecule has 0 saturated carbocycles. The van der Waals surface area contributed by atoms with Gasteiger partial charge >= 0.3 is 0 Å². The monoisotopic (exact) mass is 271 g/mol. The Morgan fingerprint density at radius 2 is 2.33 bits per heavy atom. The average Bonchev–Trinajstić information content (AvgIpc) is 2.80. The van der Waals surface area contributed by atoms with Crippen LogP contribution in [0.3, 0.4) is 0 Å². The Kier molecular flexibility index (Phi) is 4.60. The summed E-state index contributed by atoms with van der Waals surface area (Å²) in [6.45, 7) is 5.54. The quantitative estimate of drug-likeness (QED) is 0.889. The van der Waals surface area contributed by atoms with Crippen molar-refractivity contribution < 1.29 is 9.13 Å². The standard InChI is InChI=1S/C14H19ClFNO/c1-2-17-9-14(5-6-18-10-14)8-11-3-4-13(16)12(15)7-11/h3-4,7,17H,2,5-6,8-10H2,1H3. The van der Waals surface area contributed by atoms with Crippen LogP contribution in [-0.2, 0) is 11.2 Å². The van der Waals surface area contributed by atoms with Gasteiger partial charge in [0, 0.05) is 18.6 Å². The molecule has 0 amide bonds. The highest BCUT2D eigenvalue weighted by Crippen LogP contribution is 2.33. The van der Waals surface area contributed by atoms with Gasteiger partial charge in [-0.05, 0) is 37.1 Å². The first-order valence-corrected chi connectivity index (χ1v) is 6.75. The maximum absolute atomic E-state index is 13.1. The molecule has 18 heavy (non-hydrogen) atoms. The van der Waals surface area contributed by atoms with Gasteiger partial charge in [-0.3, -0.25) is 0 Å². The van der Waals surface area contributed by atoms with Crippen molar-refractivity contribution in [2.24, 2.45) is 5.41 Å². The Hall–Kier alpha value is -0.640. The van der Waals surface area contributed by atoms with E-state index in [9.17, 15) is 4.39 Å². The molecule has 1 heterocycles. The van der Waals surface area contributed by atoms with Crippen molar-refractivity contribution in [1.29, 1.82) is 0 Å². The molecule has 0 bridgehead atoms. The average molecular weight is 272 g/mol. The molecule has 0 aliphatic carbocycles. The molecule has 1 aliphatic heterocycles. The zero-order valence-corrected chi connectivity index (χ0v) is 11.4. The van der Waals surface area contributed by atoms with Crippen molar-refractivity contribution in [3.63, 3.8) is 0 Å². The predicted molar refractivity (Wildman–Crippen MR) is 71.5 cm³/mol. The van der Waals surface area contributed by atoms with Crippen LogP contribution in [0.1, 0.15) is 18.9 Å². The van der Waals surface area contributed by atoms with Crippen LogP contribution in [0.15, 0.2) is 18.2 Å². The lowest BCUT2D eigenvalue weighted by molar-refractivity contribution is 0.149. The van der Waals surface area contributed by atoms with E-state index in [1.165, 1.54) is 6.07 Å². The Balaban J connectivity index is 2.10. The first-order valence-electron chi connectivity index (χ1n) is 6.38. The second-order valence-corrected chi connectivity index (χ2v) is 5.42. The van der Waals surface area contributed by atoms with Crippen LogP contribution in [0, 0.1) is 11.2 Å². The number of hydrogen-bond acceptors (Lipinski definition) is 2. The first kappa shape index (κ1) is 13.8. The fourth-order valence-corrected chi connectivity index (χ4v) is 2.67. The smallest absolute Gasteiger partial charge is 0.141 e. The van der Waals surface area contributed by atoms with Crippen molar-refractivity contribution in [2.75, 3.05) is 26.3 Å². The van der Waals surface area contributed by atoms with E-state index in [0.717, 1.165) is 44.7 Å². The summed E-state index contributed by atoms with van der Waals surface area (Å²) in [5, 5.41) is 3.59. The van der Waals surface area contributed by atoms with Crippen LogP contribution >= 0.6 is 11.6 Å². The van der Waals surface area contributed by atoms with E-state index < -0.39 is 0 Å². The number of halogens is 2. The first-order chi connectivity index (χ1) is 8.65. The minimum absolute atomic E-state index is 0.122. The topological polar surface area (TPSA) is 21.3 Å². The van der Waals surface area contributed by atoms with E-state index in [1.54, 1.807) is 6.07 Å². The molecule has 2 nitrogen and oxygen atoms in total. The zero-order chi connectivity index (χ0) is 13.0. The van der Waals surface area contributed by atoms with E-state index in [1.807, 2.05) is 6.07 Å². The molecule has 1 fully saturated rings. The van der Waals surface area contributed by atoms with E-state index in [4.69, 9.17) is 16.3 Å². The number of hydrogen-bond donors (Lipinski definition) is 1. The van der Waals surface area contributed by atoms with E-state index in [2.05, 4.69) is 12.2 Å². The van der Waals surface area contributed by atoms with Gasteiger partial charge in [0.2, 0.25) is 0 Å². The van der Waals surface area contributed by atoms with Gasteiger partial charge in [-0.25, -0.2) is 4.39 Å². The van der Waals surface area contributed by atoms with Gasteiger partial charge in [0.15, 0.2) is 0 Å². The minimum Gasteiger partial charge on any atom is -0.381 e. The highest BCUT2D eigenvalue weighted by atomic mass is 35.5. The Morgan fingerprint density at radius 3 is 2.94 bits per heavy atom. The van der Waals surface area contributed by atoms with Gasteiger partial charge in [-0.2, -0.15) is 0 Å². The van der Waals surface area contributed by atoms with Crippen LogP contribution in [0.2, 0.25) is 5.02 Å². The van der Waals surface area contributed by atoms with Crippen LogP contribution in [-0.4, -0.2) is 26.3 Å². The molecule has 1 atom stereocenters. The zero-order valence-electron chi connectivity index (χ0n) is 10.6. The third kappa shape index (κ3) is 3.22. The largest absolute Gasteiger partial charge is 0.381 e. The molecule has 4 heteroatoms. The second-order valence-electron chi connectivity index (χ2n) is 5.01. The molecular weight excluding hydrogens is 253 g/mol. The molecule has 1 N–H and O–H groups in total. The van der Waals surface area contributed by atoms with Crippen LogP contribution in [0.25, 0.3) is 0 Å². The summed E-state index contributed by atoms with van der Waals surface area (Å²) in [7, 11) is 0. The van der Waals surface area contributed by atoms with Crippen LogP contribution in [0.4, 0.5) is 4.39 Å². The Morgan fingerprint density at radius 1 is 1.50 bits per heavy atom. The Labute approximate surface area is 112 Å². The second kappa shape index (κ2) is 6.00. The summed E-state index contributed by atoms with van der Waals surface area (Å²) < 4.78 is 18.7. The van der Waals surface area contributed by atoms with Crippen LogP contribution < -0.4 is 5.32 Å². The lowest BCUT2D eigenvalue weighted by Crippen LogP contribution is -2.36. The molecule has 0 aromatic heterocycles. The SMILES string of the molecule is CCNCC1(Cc2ccc(F)c(Cl)c2)CCOC1. The molecule has 1 aliphatic rings. The third-order valence-corrected chi connectivity index (χ3v) is 3.79. The third-order valence-electron chi connectivity index (χ3n) is 3.50. The molecule has 100 valence electrons. The van der Waals surface area contributed by atoms with Gasteiger partial charge in [-0.15, -0.1) is 0 Å². The van der Waals surface area contributed by atoms with Gasteiger partial charge in [0.1, 0.15) is 5.82 Å². The van der Waals surface area contributed by atoms with Crippen molar-refractivity contribution in [3.05, 3.63) is 34.6 Å². The number of nitrogens with one attached hydrogen (secondary N) is 1. The fraction of sp³-hybridized carbons (Fsp3) is 0.571. The molecule has 1 saturated heterocycles. The highest BCUT2D eigenvalue weighted by Gasteiger charge is 2.34. The van der Waals surface area contributed by atoms with Gasteiger partial charge in [0.05, 0.1) is 11.6 Å². The molecule has 0 spiro atoms. The summed E-state index contributed by atoms with van der Waals surface area (Å²) in [4.78, 5) is 0. The maximum Gasteiger partial charge on any atom is 0.141 e. The van der Waals surface area contributed by atoms with Gasteiger partial charge < -0.3 is 10.1 Å². The summed E-state index contributed by atoms with van der Waals surface area (Å²) in [6.07, 6.45) is 1.91. The molecular formula is C14H19ClFNO. The van der Waals surface area contributed by atoms with Gasteiger partial charge in [0.25, 0.3) is 0 Å². The summed E-state index contributed by atoms with van der Waals surface area (Å²) in [5.74, 6) is -0.358. The van der Waals surface area contributed by atoms with Crippen LogP contribution in [0.5, 0.6) is 0 Å². The lowest BCUT2D eigenvalue weighted by atomic mass is 9.81. The Bertz CT molecular complexity index is 405. The number of benzene rings is 1. The van der Waals surface area contributed by atoms with Crippen molar-refractivity contribution in [2.45, 2.75) is 19.8 Å².